The minimum absolute atomic E-state index is 0.0542. The molecule has 1 aromatic heterocycles. The summed E-state index contributed by atoms with van der Waals surface area (Å²) >= 11 is 6.39. The topological polar surface area (TPSA) is 84.0 Å². The van der Waals surface area contributed by atoms with Crippen LogP contribution in [0.15, 0.2) is 42.7 Å². The van der Waals surface area contributed by atoms with Gasteiger partial charge in [-0.3, -0.25) is 4.79 Å². The van der Waals surface area contributed by atoms with Gasteiger partial charge in [0.15, 0.2) is 0 Å². The summed E-state index contributed by atoms with van der Waals surface area (Å²) in [5, 5.41) is 13.3. The van der Waals surface area contributed by atoms with E-state index in [0.717, 1.165) is 22.3 Å². The van der Waals surface area contributed by atoms with E-state index in [-0.39, 0.29) is 18.3 Å². The molecule has 0 atom stereocenters. The van der Waals surface area contributed by atoms with Crippen LogP contribution in [-0.4, -0.2) is 32.7 Å². The van der Waals surface area contributed by atoms with E-state index in [1.807, 2.05) is 30.3 Å². The average molecular weight is 394 g/mol. The van der Waals surface area contributed by atoms with Crippen LogP contribution in [0, 0.1) is 11.3 Å². The molecule has 7 nitrogen and oxygen atoms in total. The van der Waals surface area contributed by atoms with Crippen LogP contribution >= 0.6 is 11.6 Å². The number of hydrogen-bond acceptors (Lipinski definition) is 5. The van der Waals surface area contributed by atoms with Crippen molar-refractivity contribution < 1.29 is 9.53 Å². The van der Waals surface area contributed by atoms with Crippen molar-refractivity contribution in [2.24, 2.45) is 0 Å². The molecule has 0 spiro atoms. The monoisotopic (exact) mass is 393 g/mol. The van der Waals surface area contributed by atoms with E-state index in [1.54, 1.807) is 18.1 Å². The molecule has 1 aliphatic rings. The van der Waals surface area contributed by atoms with E-state index in [9.17, 15) is 4.79 Å². The van der Waals surface area contributed by atoms with Crippen LogP contribution in [0.1, 0.15) is 17.0 Å². The van der Waals surface area contributed by atoms with Crippen LogP contribution < -0.4 is 4.74 Å². The Hall–Kier alpha value is -3.37. The maximum Gasteiger partial charge on any atom is 0.252 e. The second-order valence-electron chi connectivity index (χ2n) is 6.46. The first-order chi connectivity index (χ1) is 13.6. The molecule has 0 aliphatic carbocycles. The fraction of sp³-hybridized carbons (Fsp3) is 0.200. The van der Waals surface area contributed by atoms with Gasteiger partial charge in [0, 0.05) is 18.7 Å². The summed E-state index contributed by atoms with van der Waals surface area (Å²) in [5.41, 5.74) is 4.12. The maximum absolute atomic E-state index is 12.6. The molecule has 2 heterocycles. The number of methoxy groups -OCH3 is 1. The third-order valence-electron chi connectivity index (χ3n) is 4.70. The fourth-order valence-corrected chi connectivity index (χ4v) is 3.54. The molecular weight excluding hydrogens is 378 g/mol. The van der Waals surface area contributed by atoms with Gasteiger partial charge in [-0.25, -0.2) is 9.67 Å². The van der Waals surface area contributed by atoms with Crippen molar-refractivity contribution in [2.45, 2.75) is 19.6 Å². The molecule has 4 rings (SSSR count). The number of benzene rings is 2. The average Bonchev–Trinajstić information content (AvgIpc) is 3.33. The molecule has 0 bridgehead atoms. The minimum atomic E-state index is -0.0744. The number of carbonyl (C=O) groups excluding carboxylic acids is 1. The number of nitriles is 1. The minimum Gasteiger partial charge on any atom is -0.497 e. The first-order valence-electron chi connectivity index (χ1n) is 8.60. The van der Waals surface area contributed by atoms with Crippen LogP contribution in [-0.2, 0) is 24.4 Å². The molecule has 140 valence electrons. The van der Waals surface area contributed by atoms with Gasteiger partial charge >= 0.3 is 0 Å². The first-order valence-corrected chi connectivity index (χ1v) is 8.98. The van der Waals surface area contributed by atoms with Crippen LogP contribution in [0.2, 0.25) is 5.02 Å². The van der Waals surface area contributed by atoms with Crippen molar-refractivity contribution in [3.8, 4) is 22.9 Å². The number of aromatic nitrogens is 3. The van der Waals surface area contributed by atoms with Crippen molar-refractivity contribution in [1.29, 1.82) is 5.26 Å². The quantitative estimate of drug-likeness (QED) is 0.680. The molecule has 0 N–H and O–H groups in total. The van der Waals surface area contributed by atoms with E-state index in [2.05, 4.69) is 16.1 Å². The number of hydrogen-bond donors (Lipinski definition) is 0. The summed E-state index contributed by atoms with van der Waals surface area (Å²) in [6.45, 7) is 1.13. The van der Waals surface area contributed by atoms with Gasteiger partial charge in [-0.05, 0) is 41.0 Å². The number of fused-ring (bicyclic) bond motifs is 1. The van der Waals surface area contributed by atoms with Gasteiger partial charge < -0.3 is 9.64 Å². The normalized spacial score (nSPS) is 12.5. The summed E-state index contributed by atoms with van der Waals surface area (Å²) in [6, 6.07) is 13.5. The highest BCUT2D eigenvalue weighted by Crippen LogP contribution is 2.34. The summed E-state index contributed by atoms with van der Waals surface area (Å²) in [4.78, 5) is 18.2. The van der Waals surface area contributed by atoms with Crippen LogP contribution in [0.5, 0.6) is 5.75 Å². The molecule has 1 aliphatic heterocycles. The number of ether oxygens (including phenoxy) is 1. The molecule has 0 unspecified atom stereocenters. The smallest absolute Gasteiger partial charge is 0.252 e. The van der Waals surface area contributed by atoms with Crippen molar-refractivity contribution in [3.63, 3.8) is 0 Å². The van der Waals surface area contributed by atoms with Gasteiger partial charge in [-0.1, -0.05) is 23.7 Å². The molecule has 28 heavy (non-hydrogen) atoms. The van der Waals surface area contributed by atoms with Crippen LogP contribution in [0.25, 0.3) is 11.1 Å². The summed E-state index contributed by atoms with van der Waals surface area (Å²) in [6.07, 6.45) is 1.39. The number of amides is 1. The molecular formula is C20H16ClN5O2. The van der Waals surface area contributed by atoms with Crippen molar-refractivity contribution in [3.05, 3.63) is 64.7 Å². The Bertz CT molecular complexity index is 1100. The molecule has 0 fully saturated rings. The Morgan fingerprint density at radius 2 is 2.07 bits per heavy atom. The Labute approximate surface area is 166 Å². The molecule has 0 saturated heterocycles. The van der Waals surface area contributed by atoms with Gasteiger partial charge in [0.2, 0.25) is 5.91 Å². The van der Waals surface area contributed by atoms with E-state index in [4.69, 9.17) is 21.6 Å². The van der Waals surface area contributed by atoms with E-state index < -0.39 is 0 Å². The zero-order chi connectivity index (χ0) is 19.7. The van der Waals surface area contributed by atoms with E-state index in [1.165, 1.54) is 11.0 Å². The lowest BCUT2D eigenvalue weighted by Gasteiger charge is -2.14. The summed E-state index contributed by atoms with van der Waals surface area (Å²) in [5.74, 6) is 0.687. The fourth-order valence-electron chi connectivity index (χ4n) is 3.26. The molecule has 1 amide bonds. The SMILES string of the molecule is COc1ccc(-c2ccc3c(c2)CN(C(=O)Cn2cnc(C#N)n2)C3)c(Cl)c1. The zero-order valence-corrected chi connectivity index (χ0v) is 15.8. The highest BCUT2D eigenvalue weighted by atomic mass is 35.5. The summed E-state index contributed by atoms with van der Waals surface area (Å²) in [7, 11) is 1.60. The number of halogens is 1. The second kappa shape index (κ2) is 7.33. The van der Waals surface area contributed by atoms with Crippen LogP contribution in [0.3, 0.4) is 0 Å². The Morgan fingerprint density at radius 3 is 2.79 bits per heavy atom. The predicted molar refractivity (Wildman–Crippen MR) is 102 cm³/mol. The third kappa shape index (κ3) is 3.42. The highest BCUT2D eigenvalue weighted by Gasteiger charge is 2.24. The van der Waals surface area contributed by atoms with Gasteiger partial charge in [-0.2, -0.15) is 5.26 Å². The van der Waals surface area contributed by atoms with E-state index >= 15 is 0 Å². The van der Waals surface area contributed by atoms with Crippen LogP contribution in [0.4, 0.5) is 0 Å². The third-order valence-corrected chi connectivity index (χ3v) is 5.02. The van der Waals surface area contributed by atoms with E-state index in [0.29, 0.717) is 23.9 Å². The van der Waals surface area contributed by atoms with Crippen molar-refractivity contribution in [2.75, 3.05) is 7.11 Å². The molecule has 3 aromatic rings. The van der Waals surface area contributed by atoms with Gasteiger partial charge in [-0.15, -0.1) is 5.10 Å². The largest absolute Gasteiger partial charge is 0.497 e. The van der Waals surface area contributed by atoms with Crippen molar-refractivity contribution in [1.82, 2.24) is 19.7 Å². The van der Waals surface area contributed by atoms with Crippen molar-refractivity contribution >= 4 is 17.5 Å². The molecule has 0 saturated carbocycles. The highest BCUT2D eigenvalue weighted by molar-refractivity contribution is 6.33. The zero-order valence-electron chi connectivity index (χ0n) is 15.1. The molecule has 0 radical (unpaired) electrons. The maximum atomic E-state index is 12.6. The Balaban J connectivity index is 1.51. The lowest BCUT2D eigenvalue weighted by molar-refractivity contribution is -0.132. The first kappa shape index (κ1) is 18.0. The van der Waals surface area contributed by atoms with Gasteiger partial charge in [0.25, 0.3) is 5.82 Å². The number of rotatable bonds is 4. The lowest BCUT2D eigenvalue weighted by atomic mass is 10.0. The lowest BCUT2D eigenvalue weighted by Crippen LogP contribution is -2.29. The van der Waals surface area contributed by atoms with Gasteiger partial charge in [0.05, 0.1) is 12.1 Å². The molecule has 8 heteroatoms. The predicted octanol–water partition coefficient (Wildman–Crippen LogP) is 3.02. The Morgan fingerprint density at radius 1 is 1.25 bits per heavy atom. The number of carbonyl (C=O) groups is 1. The number of nitrogens with zero attached hydrogens (tertiary/aromatic N) is 5. The summed E-state index contributed by atoms with van der Waals surface area (Å²) < 4.78 is 6.58. The molecule has 2 aromatic carbocycles. The second-order valence-corrected chi connectivity index (χ2v) is 6.86. The standard InChI is InChI=1S/C20H16ClN5O2/c1-28-16-4-5-17(18(21)7-16)13-2-3-14-9-25(10-15(14)6-13)20(27)11-26-12-23-19(8-22)24-26/h2-7,12H,9-11H2,1H3. The Kier molecular flexibility index (Phi) is 4.72. The van der Waals surface area contributed by atoms with Gasteiger partial charge in [0.1, 0.15) is 24.7 Å².